The van der Waals surface area contributed by atoms with Gasteiger partial charge in [0.1, 0.15) is 5.75 Å². The third kappa shape index (κ3) is 3.44. The third-order valence-corrected chi connectivity index (χ3v) is 2.49. The monoisotopic (exact) mass is 237 g/mol. The molecule has 1 aliphatic rings. The highest BCUT2D eigenvalue weighted by atomic mass is 16.6. The summed E-state index contributed by atoms with van der Waals surface area (Å²) in [5, 5.41) is 12.0. The summed E-state index contributed by atoms with van der Waals surface area (Å²) in [4.78, 5) is 11.7. The molecular weight excluding hydrogens is 222 g/mol. The Morgan fingerprint density at radius 3 is 3.06 bits per heavy atom. The molecule has 17 heavy (non-hydrogen) atoms. The molecule has 1 atom stereocenters. The van der Waals surface area contributed by atoms with Crippen LogP contribution in [0.4, 0.5) is 0 Å². The second-order valence-electron chi connectivity index (χ2n) is 3.82. The molecule has 1 aromatic carbocycles. The third-order valence-electron chi connectivity index (χ3n) is 2.49. The van der Waals surface area contributed by atoms with E-state index < -0.39 is 6.10 Å². The molecule has 2 rings (SSSR count). The van der Waals surface area contributed by atoms with E-state index in [-0.39, 0.29) is 11.7 Å². The van der Waals surface area contributed by atoms with Gasteiger partial charge in [-0.25, -0.2) is 0 Å². The Hall–Kier alpha value is -1.59. The van der Waals surface area contributed by atoms with Gasteiger partial charge < -0.3 is 19.9 Å². The Morgan fingerprint density at radius 2 is 2.35 bits per heavy atom. The fourth-order valence-corrected chi connectivity index (χ4v) is 1.61. The maximum atomic E-state index is 11.7. The maximum Gasteiger partial charge on any atom is 0.251 e. The van der Waals surface area contributed by atoms with Crippen LogP contribution in [0.25, 0.3) is 0 Å². The first-order valence-electron chi connectivity index (χ1n) is 5.50. The SMILES string of the molecule is O=C(NCc1cccc(O)c1)C1COCCO1. The molecular formula is C12H15NO4. The van der Waals surface area contributed by atoms with Gasteiger partial charge in [0.05, 0.1) is 19.8 Å². The topological polar surface area (TPSA) is 67.8 Å². The number of rotatable bonds is 3. The lowest BCUT2D eigenvalue weighted by Crippen LogP contribution is -2.42. The van der Waals surface area contributed by atoms with Crippen LogP contribution >= 0.6 is 0 Å². The molecule has 0 saturated carbocycles. The Labute approximate surface area is 99.3 Å². The second kappa shape index (κ2) is 5.65. The number of nitrogens with one attached hydrogen (secondary N) is 1. The van der Waals surface area contributed by atoms with E-state index in [1.807, 2.05) is 6.07 Å². The van der Waals surface area contributed by atoms with Gasteiger partial charge in [-0.3, -0.25) is 4.79 Å². The van der Waals surface area contributed by atoms with Crippen molar-refractivity contribution in [2.75, 3.05) is 19.8 Å². The van der Waals surface area contributed by atoms with Crippen molar-refractivity contribution in [1.82, 2.24) is 5.32 Å². The minimum atomic E-state index is -0.527. The van der Waals surface area contributed by atoms with Gasteiger partial charge in [-0.15, -0.1) is 0 Å². The van der Waals surface area contributed by atoms with Crippen LogP contribution in [0.2, 0.25) is 0 Å². The summed E-state index contributed by atoms with van der Waals surface area (Å²) in [6, 6.07) is 6.76. The van der Waals surface area contributed by atoms with E-state index in [1.165, 1.54) is 0 Å². The minimum Gasteiger partial charge on any atom is -0.508 e. The average molecular weight is 237 g/mol. The van der Waals surface area contributed by atoms with Crippen LogP contribution in [-0.4, -0.2) is 36.9 Å². The lowest BCUT2D eigenvalue weighted by Gasteiger charge is -2.22. The van der Waals surface area contributed by atoms with Crippen LogP contribution in [0.1, 0.15) is 5.56 Å². The highest BCUT2D eigenvalue weighted by Crippen LogP contribution is 2.10. The van der Waals surface area contributed by atoms with Crippen molar-refractivity contribution in [3.8, 4) is 5.75 Å². The number of ether oxygens (including phenoxy) is 2. The summed E-state index contributed by atoms with van der Waals surface area (Å²) in [6.45, 7) is 1.65. The summed E-state index contributed by atoms with van der Waals surface area (Å²) >= 11 is 0. The maximum absolute atomic E-state index is 11.7. The molecule has 5 heteroatoms. The zero-order valence-electron chi connectivity index (χ0n) is 9.39. The number of phenolic OH excluding ortho intramolecular Hbond substituents is 1. The van der Waals surface area contributed by atoms with Gasteiger partial charge in [0.25, 0.3) is 5.91 Å². The molecule has 0 spiro atoms. The zero-order valence-corrected chi connectivity index (χ0v) is 9.39. The van der Waals surface area contributed by atoms with E-state index in [2.05, 4.69) is 5.32 Å². The number of phenols is 1. The second-order valence-corrected chi connectivity index (χ2v) is 3.82. The molecule has 0 aliphatic carbocycles. The lowest BCUT2D eigenvalue weighted by atomic mass is 10.2. The van der Waals surface area contributed by atoms with Crippen molar-refractivity contribution in [2.45, 2.75) is 12.6 Å². The quantitative estimate of drug-likeness (QED) is 0.799. The predicted octanol–water partition coefficient (Wildman–Crippen LogP) is 0.424. The molecule has 1 fully saturated rings. The van der Waals surface area contributed by atoms with Crippen molar-refractivity contribution in [3.63, 3.8) is 0 Å². The first-order chi connectivity index (χ1) is 8.25. The Morgan fingerprint density at radius 1 is 1.47 bits per heavy atom. The fraction of sp³-hybridized carbons (Fsp3) is 0.417. The van der Waals surface area contributed by atoms with E-state index in [1.54, 1.807) is 18.2 Å². The van der Waals surface area contributed by atoms with Crippen LogP contribution in [0.5, 0.6) is 5.75 Å². The van der Waals surface area contributed by atoms with E-state index in [0.29, 0.717) is 26.4 Å². The van der Waals surface area contributed by atoms with Crippen LogP contribution in [0, 0.1) is 0 Å². The Bertz CT molecular complexity index is 388. The van der Waals surface area contributed by atoms with Gasteiger partial charge in [0.2, 0.25) is 0 Å². The average Bonchev–Trinajstić information content (AvgIpc) is 2.37. The van der Waals surface area contributed by atoms with E-state index >= 15 is 0 Å². The molecule has 5 nitrogen and oxygen atoms in total. The van der Waals surface area contributed by atoms with Gasteiger partial charge in [-0.1, -0.05) is 12.1 Å². The number of carbonyl (C=O) groups excluding carboxylic acids is 1. The van der Waals surface area contributed by atoms with Crippen molar-refractivity contribution >= 4 is 5.91 Å². The van der Waals surface area contributed by atoms with Crippen LogP contribution in [0.15, 0.2) is 24.3 Å². The van der Waals surface area contributed by atoms with E-state index in [0.717, 1.165) is 5.56 Å². The van der Waals surface area contributed by atoms with Crippen LogP contribution in [0.3, 0.4) is 0 Å². The van der Waals surface area contributed by atoms with Gasteiger partial charge >= 0.3 is 0 Å². The van der Waals surface area contributed by atoms with Crippen molar-refractivity contribution < 1.29 is 19.4 Å². The summed E-state index contributed by atoms with van der Waals surface area (Å²) < 4.78 is 10.4. The molecule has 2 N–H and O–H groups in total. The van der Waals surface area contributed by atoms with E-state index in [9.17, 15) is 9.90 Å². The molecule has 1 aliphatic heterocycles. The first kappa shape index (κ1) is 11.9. The van der Waals surface area contributed by atoms with Gasteiger partial charge in [0.15, 0.2) is 6.10 Å². The lowest BCUT2D eigenvalue weighted by molar-refractivity contribution is -0.147. The van der Waals surface area contributed by atoms with E-state index in [4.69, 9.17) is 9.47 Å². The molecule has 1 amide bonds. The normalized spacial score (nSPS) is 19.9. The summed E-state index contributed by atoms with van der Waals surface area (Å²) in [7, 11) is 0. The number of aromatic hydroxyl groups is 1. The number of benzene rings is 1. The molecule has 92 valence electrons. The van der Waals surface area contributed by atoms with Gasteiger partial charge in [-0.05, 0) is 17.7 Å². The summed E-state index contributed by atoms with van der Waals surface area (Å²) in [6.07, 6.45) is -0.527. The molecule has 1 aromatic rings. The number of hydrogen-bond acceptors (Lipinski definition) is 4. The van der Waals surface area contributed by atoms with Crippen LogP contribution in [-0.2, 0) is 20.8 Å². The molecule has 0 radical (unpaired) electrons. The number of amides is 1. The van der Waals surface area contributed by atoms with Crippen molar-refractivity contribution in [3.05, 3.63) is 29.8 Å². The molecule has 0 aromatic heterocycles. The van der Waals surface area contributed by atoms with Gasteiger partial charge in [0, 0.05) is 6.54 Å². The predicted molar refractivity (Wildman–Crippen MR) is 60.5 cm³/mol. The molecule has 1 unspecified atom stereocenters. The minimum absolute atomic E-state index is 0.187. The molecule has 1 heterocycles. The highest BCUT2D eigenvalue weighted by Gasteiger charge is 2.21. The Kier molecular flexibility index (Phi) is 3.95. The number of hydrogen-bond donors (Lipinski definition) is 2. The van der Waals surface area contributed by atoms with Crippen molar-refractivity contribution in [1.29, 1.82) is 0 Å². The van der Waals surface area contributed by atoms with Gasteiger partial charge in [-0.2, -0.15) is 0 Å². The highest BCUT2D eigenvalue weighted by molar-refractivity contribution is 5.80. The summed E-state index contributed by atoms with van der Waals surface area (Å²) in [5.41, 5.74) is 0.843. The zero-order chi connectivity index (χ0) is 12.1. The first-order valence-corrected chi connectivity index (χ1v) is 5.50. The summed E-state index contributed by atoms with van der Waals surface area (Å²) in [5.74, 6) is 0.00189. The standard InChI is InChI=1S/C12H15NO4/c14-10-3-1-2-9(6-10)7-13-12(15)11-8-16-4-5-17-11/h1-3,6,11,14H,4-5,7-8H2,(H,13,15). The number of carbonyl (C=O) groups is 1. The fourth-order valence-electron chi connectivity index (χ4n) is 1.61. The molecule has 1 saturated heterocycles. The van der Waals surface area contributed by atoms with Crippen LogP contribution < -0.4 is 5.32 Å². The Balaban J connectivity index is 1.83. The van der Waals surface area contributed by atoms with Crippen molar-refractivity contribution in [2.24, 2.45) is 0 Å². The largest absolute Gasteiger partial charge is 0.508 e. The molecule has 0 bridgehead atoms. The smallest absolute Gasteiger partial charge is 0.251 e.